The van der Waals surface area contributed by atoms with Crippen LogP contribution in [-0.4, -0.2) is 20.6 Å². The second-order valence-corrected chi connectivity index (χ2v) is 6.09. The Morgan fingerprint density at radius 2 is 1.89 bits per heavy atom. The number of benzene rings is 2. The lowest BCUT2D eigenvalue weighted by Gasteiger charge is -2.10. The van der Waals surface area contributed by atoms with Gasteiger partial charge < -0.3 is 10.1 Å². The summed E-state index contributed by atoms with van der Waals surface area (Å²) in [5.74, 6) is 0.462. The molecule has 0 aliphatic rings. The Morgan fingerprint density at radius 1 is 1.15 bits per heavy atom. The van der Waals surface area contributed by atoms with Crippen LogP contribution in [0.4, 0.5) is 11.4 Å². The topological polar surface area (TPSA) is 99.3 Å². The van der Waals surface area contributed by atoms with Crippen molar-refractivity contribution in [2.45, 2.75) is 20.4 Å². The van der Waals surface area contributed by atoms with Crippen molar-refractivity contribution in [2.75, 3.05) is 5.32 Å². The predicted octanol–water partition coefficient (Wildman–Crippen LogP) is 3.84. The van der Waals surface area contributed by atoms with Crippen LogP contribution in [0.15, 0.2) is 54.7 Å². The molecule has 0 bridgehead atoms. The number of nitrogens with one attached hydrogen (secondary N) is 1. The summed E-state index contributed by atoms with van der Waals surface area (Å²) in [5.41, 5.74) is 1.97. The third-order valence-electron chi connectivity index (χ3n) is 3.72. The van der Waals surface area contributed by atoms with Crippen molar-refractivity contribution in [3.63, 3.8) is 0 Å². The molecule has 1 N–H and O–H groups in total. The first-order valence-electron chi connectivity index (χ1n) is 8.23. The maximum atomic E-state index is 12.2. The number of nitro groups is 1. The Hall–Kier alpha value is -3.68. The van der Waals surface area contributed by atoms with Crippen molar-refractivity contribution in [1.82, 2.24) is 9.78 Å². The van der Waals surface area contributed by atoms with E-state index in [1.54, 1.807) is 30.5 Å². The van der Waals surface area contributed by atoms with Crippen LogP contribution in [0.25, 0.3) is 0 Å². The predicted molar refractivity (Wildman–Crippen MR) is 99.9 cm³/mol. The molecule has 0 saturated heterocycles. The van der Waals surface area contributed by atoms with Gasteiger partial charge in [-0.2, -0.15) is 5.10 Å². The highest BCUT2D eigenvalue weighted by Gasteiger charge is 2.13. The van der Waals surface area contributed by atoms with Crippen LogP contribution in [0.5, 0.6) is 11.5 Å². The molecule has 2 aromatic carbocycles. The van der Waals surface area contributed by atoms with Gasteiger partial charge in [-0.15, -0.1) is 0 Å². The molecule has 1 heterocycles. The van der Waals surface area contributed by atoms with Crippen molar-refractivity contribution in [3.8, 4) is 11.5 Å². The molecule has 0 fully saturated rings. The minimum Gasteiger partial charge on any atom is -0.457 e. The van der Waals surface area contributed by atoms with Crippen LogP contribution in [0.2, 0.25) is 0 Å². The lowest BCUT2D eigenvalue weighted by atomic mass is 10.2. The maximum Gasteiger partial charge on any atom is 0.275 e. The molecule has 0 aliphatic carbocycles. The van der Waals surface area contributed by atoms with E-state index in [0.717, 1.165) is 11.3 Å². The standard InChI is InChI=1S/C19H18N4O4/c1-13-3-5-17(6-4-13)27-18-10-15(9-16(11-18)23(25)26)20-19(24)12-22-8-7-14(2)21-22/h3-11H,12H2,1-2H3,(H,20,24). The van der Waals surface area contributed by atoms with Crippen LogP contribution in [0.3, 0.4) is 0 Å². The Bertz CT molecular complexity index is 980. The summed E-state index contributed by atoms with van der Waals surface area (Å²) in [6.45, 7) is 3.78. The number of rotatable bonds is 6. The fourth-order valence-corrected chi connectivity index (χ4v) is 2.46. The van der Waals surface area contributed by atoms with Crippen molar-refractivity contribution < 1.29 is 14.5 Å². The molecule has 0 saturated carbocycles. The number of carbonyl (C=O) groups excluding carboxylic acids is 1. The van der Waals surface area contributed by atoms with Crippen LogP contribution < -0.4 is 10.1 Å². The first-order chi connectivity index (χ1) is 12.9. The van der Waals surface area contributed by atoms with E-state index in [1.165, 1.54) is 16.8 Å². The quantitative estimate of drug-likeness (QED) is 0.528. The van der Waals surface area contributed by atoms with Crippen molar-refractivity contribution >= 4 is 17.3 Å². The van der Waals surface area contributed by atoms with Gasteiger partial charge >= 0.3 is 0 Å². The van der Waals surface area contributed by atoms with E-state index in [1.807, 2.05) is 26.0 Å². The van der Waals surface area contributed by atoms with Gasteiger partial charge in [-0.3, -0.25) is 19.6 Å². The van der Waals surface area contributed by atoms with E-state index < -0.39 is 4.92 Å². The molecule has 3 aromatic rings. The first-order valence-corrected chi connectivity index (χ1v) is 8.23. The first kappa shape index (κ1) is 18.1. The molecule has 0 aliphatic heterocycles. The molecular weight excluding hydrogens is 348 g/mol. The number of hydrogen-bond donors (Lipinski definition) is 1. The summed E-state index contributed by atoms with van der Waals surface area (Å²) < 4.78 is 7.19. The SMILES string of the molecule is Cc1ccc(Oc2cc(NC(=O)Cn3ccc(C)n3)cc([N+](=O)[O-])c2)cc1. The van der Waals surface area contributed by atoms with Crippen molar-refractivity contribution in [3.05, 3.63) is 76.1 Å². The number of nitrogens with zero attached hydrogens (tertiary/aromatic N) is 3. The third kappa shape index (κ3) is 4.91. The van der Waals surface area contributed by atoms with Gasteiger partial charge in [-0.25, -0.2) is 0 Å². The smallest absolute Gasteiger partial charge is 0.275 e. The highest BCUT2D eigenvalue weighted by molar-refractivity contribution is 5.91. The number of hydrogen-bond acceptors (Lipinski definition) is 5. The summed E-state index contributed by atoms with van der Waals surface area (Å²) >= 11 is 0. The monoisotopic (exact) mass is 366 g/mol. The van der Waals surface area contributed by atoms with E-state index in [4.69, 9.17) is 4.74 Å². The Balaban J connectivity index is 1.79. The molecule has 0 spiro atoms. The average molecular weight is 366 g/mol. The van der Waals surface area contributed by atoms with Crippen LogP contribution >= 0.6 is 0 Å². The zero-order valence-corrected chi connectivity index (χ0v) is 14.9. The maximum absolute atomic E-state index is 12.2. The summed E-state index contributed by atoms with van der Waals surface area (Å²) in [6.07, 6.45) is 1.69. The molecule has 3 rings (SSSR count). The van der Waals surface area contributed by atoms with Crippen LogP contribution in [-0.2, 0) is 11.3 Å². The van der Waals surface area contributed by atoms with Gasteiger partial charge in [0.1, 0.15) is 18.0 Å². The summed E-state index contributed by atoms with van der Waals surface area (Å²) in [4.78, 5) is 22.9. The van der Waals surface area contributed by atoms with E-state index in [0.29, 0.717) is 5.75 Å². The van der Waals surface area contributed by atoms with Gasteiger partial charge in [0.15, 0.2) is 0 Å². The molecule has 8 nitrogen and oxygen atoms in total. The summed E-state index contributed by atoms with van der Waals surface area (Å²) in [5, 5.41) is 18.0. The zero-order valence-electron chi connectivity index (χ0n) is 14.9. The van der Waals surface area contributed by atoms with E-state index in [9.17, 15) is 14.9 Å². The van der Waals surface area contributed by atoms with E-state index in [-0.39, 0.29) is 29.6 Å². The lowest BCUT2D eigenvalue weighted by molar-refractivity contribution is -0.384. The molecule has 1 amide bonds. The molecule has 0 unspecified atom stereocenters. The zero-order chi connectivity index (χ0) is 19.4. The highest BCUT2D eigenvalue weighted by atomic mass is 16.6. The Labute approximate surface area is 155 Å². The largest absolute Gasteiger partial charge is 0.457 e. The number of aromatic nitrogens is 2. The van der Waals surface area contributed by atoms with E-state index >= 15 is 0 Å². The number of anilines is 1. The van der Waals surface area contributed by atoms with Gasteiger partial charge in [-0.05, 0) is 32.0 Å². The number of nitro benzene ring substituents is 1. The number of carbonyl (C=O) groups is 1. The van der Waals surface area contributed by atoms with Gasteiger partial charge in [0.2, 0.25) is 5.91 Å². The fraction of sp³-hybridized carbons (Fsp3) is 0.158. The summed E-state index contributed by atoms with van der Waals surface area (Å²) in [7, 11) is 0. The minimum atomic E-state index is -0.533. The van der Waals surface area contributed by atoms with Crippen molar-refractivity contribution in [1.29, 1.82) is 0 Å². The highest BCUT2D eigenvalue weighted by Crippen LogP contribution is 2.29. The van der Waals surface area contributed by atoms with Gasteiger partial charge in [0.05, 0.1) is 22.4 Å². The van der Waals surface area contributed by atoms with Crippen LogP contribution in [0, 0.1) is 24.0 Å². The minimum absolute atomic E-state index is 0.00465. The summed E-state index contributed by atoms with van der Waals surface area (Å²) in [6, 6.07) is 13.2. The fourth-order valence-electron chi connectivity index (χ4n) is 2.46. The number of aryl methyl sites for hydroxylation is 2. The molecule has 0 atom stereocenters. The number of non-ortho nitro benzene ring substituents is 1. The molecule has 27 heavy (non-hydrogen) atoms. The van der Waals surface area contributed by atoms with E-state index in [2.05, 4.69) is 10.4 Å². The normalized spacial score (nSPS) is 10.4. The molecule has 0 radical (unpaired) electrons. The Morgan fingerprint density at radius 3 is 2.52 bits per heavy atom. The second-order valence-electron chi connectivity index (χ2n) is 6.09. The van der Waals surface area contributed by atoms with Gasteiger partial charge in [0, 0.05) is 18.3 Å². The second kappa shape index (κ2) is 7.69. The van der Waals surface area contributed by atoms with Crippen LogP contribution in [0.1, 0.15) is 11.3 Å². The van der Waals surface area contributed by atoms with Gasteiger partial charge in [-0.1, -0.05) is 17.7 Å². The number of amides is 1. The third-order valence-corrected chi connectivity index (χ3v) is 3.72. The van der Waals surface area contributed by atoms with Crippen molar-refractivity contribution in [2.24, 2.45) is 0 Å². The molecular formula is C19H18N4O4. The average Bonchev–Trinajstić information content (AvgIpc) is 3.01. The molecule has 1 aromatic heterocycles. The molecule has 8 heteroatoms. The number of ether oxygens (including phenoxy) is 1. The molecule has 138 valence electrons. The van der Waals surface area contributed by atoms with Gasteiger partial charge in [0.25, 0.3) is 5.69 Å². The Kier molecular flexibility index (Phi) is 5.16. The lowest BCUT2D eigenvalue weighted by Crippen LogP contribution is -2.19.